The van der Waals surface area contributed by atoms with Crippen molar-refractivity contribution in [3.8, 4) is 0 Å². The SMILES string of the molecule is Nc1ccc(C(=O)N2CC[C@H](O)[C@](Cc3ccccc3)(C(=O)O)C2)cn1.O=CO. The number of aromatic nitrogens is 1. The molecule has 0 spiro atoms. The largest absolute Gasteiger partial charge is 0.483 e. The molecule has 1 fully saturated rings. The molecule has 1 saturated heterocycles. The molecule has 2 atom stereocenters. The van der Waals surface area contributed by atoms with Gasteiger partial charge in [-0.15, -0.1) is 0 Å². The number of rotatable bonds is 4. The van der Waals surface area contributed by atoms with Gasteiger partial charge in [-0.1, -0.05) is 30.3 Å². The molecule has 2 aromatic rings. The Hall–Kier alpha value is -3.46. The van der Waals surface area contributed by atoms with Crippen LogP contribution in [0, 0.1) is 5.41 Å². The lowest BCUT2D eigenvalue weighted by atomic mass is 9.72. The first-order valence-corrected chi connectivity index (χ1v) is 8.88. The molecule has 29 heavy (non-hydrogen) atoms. The predicted octanol–water partition coefficient (Wildman–Crippen LogP) is 0.885. The van der Waals surface area contributed by atoms with E-state index < -0.39 is 17.5 Å². The fraction of sp³-hybridized carbons (Fsp3) is 0.300. The number of hydrogen-bond donors (Lipinski definition) is 4. The number of nitrogen functional groups attached to an aromatic ring is 1. The highest BCUT2D eigenvalue weighted by atomic mass is 16.4. The number of amides is 1. The third-order valence-electron chi connectivity index (χ3n) is 4.89. The molecule has 1 aliphatic rings. The summed E-state index contributed by atoms with van der Waals surface area (Å²) in [5.74, 6) is -1.12. The maximum absolute atomic E-state index is 12.8. The Morgan fingerprint density at radius 2 is 1.90 bits per heavy atom. The monoisotopic (exact) mass is 401 g/mol. The smallest absolute Gasteiger partial charge is 0.314 e. The molecule has 1 aromatic heterocycles. The summed E-state index contributed by atoms with van der Waals surface area (Å²) < 4.78 is 0. The average Bonchev–Trinajstić information content (AvgIpc) is 2.71. The van der Waals surface area contributed by atoms with Gasteiger partial charge in [0, 0.05) is 19.3 Å². The molecule has 0 radical (unpaired) electrons. The molecule has 9 nitrogen and oxygen atoms in total. The van der Waals surface area contributed by atoms with Crippen molar-refractivity contribution in [2.24, 2.45) is 5.41 Å². The molecule has 1 amide bonds. The van der Waals surface area contributed by atoms with Crippen LogP contribution in [0.2, 0.25) is 0 Å². The zero-order valence-electron chi connectivity index (χ0n) is 15.6. The van der Waals surface area contributed by atoms with Gasteiger partial charge in [-0.25, -0.2) is 4.98 Å². The Kier molecular flexibility index (Phi) is 7.27. The molecule has 5 N–H and O–H groups in total. The van der Waals surface area contributed by atoms with Gasteiger partial charge in [-0.2, -0.15) is 0 Å². The number of nitrogens with zero attached hydrogens (tertiary/aromatic N) is 2. The van der Waals surface area contributed by atoms with Crippen molar-refractivity contribution in [3.63, 3.8) is 0 Å². The second-order valence-electron chi connectivity index (χ2n) is 6.73. The second kappa shape index (κ2) is 9.65. The van der Waals surface area contributed by atoms with E-state index in [0.29, 0.717) is 11.4 Å². The van der Waals surface area contributed by atoms with Gasteiger partial charge in [-0.05, 0) is 30.5 Å². The van der Waals surface area contributed by atoms with Crippen LogP contribution in [0.1, 0.15) is 22.3 Å². The summed E-state index contributed by atoms with van der Waals surface area (Å²) in [7, 11) is 0. The van der Waals surface area contributed by atoms with Crippen molar-refractivity contribution in [1.82, 2.24) is 9.88 Å². The van der Waals surface area contributed by atoms with Gasteiger partial charge in [0.2, 0.25) is 0 Å². The summed E-state index contributed by atoms with van der Waals surface area (Å²) in [5, 5.41) is 27.3. The topological polar surface area (TPSA) is 154 Å². The number of aliphatic hydroxyl groups excluding tert-OH is 1. The average molecular weight is 401 g/mol. The first-order chi connectivity index (χ1) is 13.8. The fourth-order valence-electron chi connectivity index (χ4n) is 3.39. The van der Waals surface area contributed by atoms with Crippen LogP contribution in [0.3, 0.4) is 0 Å². The van der Waals surface area contributed by atoms with Crippen LogP contribution < -0.4 is 5.73 Å². The third kappa shape index (κ3) is 5.08. The Morgan fingerprint density at radius 1 is 1.24 bits per heavy atom. The van der Waals surface area contributed by atoms with Crippen LogP contribution in [0.5, 0.6) is 0 Å². The Morgan fingerprint density at radius 3 is 2.45 bits per heavy atom. The summed E-state index contributed by atoms with van der Waals surface area (Å²) in [6.45, 7) is -0.0319. The highest BCUT2D eigenvalue weighted by molar-refractivity contribution is 5.94. The molecular formula is C20H23N3O6. The minimum atomic E-state index is -1.45. The highest BCUT2D eigenvalue weighted by Gasteiger charge is 2.50. The maximum atomic E-state index is 12.8. The van der Waals surface area contributed by atoms with Gasteiger partial charge in [-0.3, -0.25) is 14.4 Å². The van der Waals surface area contributed by atoms with Gasteiger partial charge in [0.05, 0.1) is 11.7 Å². The minimum absolute atomic E-state index is 0.0679. The maximum Gasteiger partial charge on any atom is 0.314 e. The molecule has 0 bridgehead atoms. The number of carbonyl (C=O) groups excluding carboxylic acids is 1. The molecule has 3 rings (SSSR count). The van der Waals surface area contributed by atoms with E-state index in [-0.39, 0.29) is 38.3 Å². The van der Waals surface area contributed by atoms with Crippen molar-refractivity contribution in [2.45, 2.75) is 18.9 Å². The van der Waals surface area contributed by atoms with E-state index >= 15 is 0 Å². The summed E-state index contributed by atoms with van der Waals surface area (Å²) >= 11 is 0. The normalized spacial score (nSPS) is 20.9. The van der Waals surface area contributed by atoms with Crippen LogP contribution in [0.15, 0.2) is 48.7 Å². The van der Waals surface area contributed by atoms with Gasteiger partial charge in [0.1, 0.15) is 11.2 Å². The number of anilines is 1. The standard InChI is InChI=1S/C19H21N3O4.CH2O2/c20-16-7-6-14(11-21-16)17(24)22-9-8-15(23)19(12-22,18(25)26)10-13-4-2-1-3-5-13;2-1-3/h1-7,11,15,23H,8-10,12H2,(H2,20,21)(H,25,26);1H,(H,2,3)/t15-,19+;/m0./s1. The van der Waals surface area contributed by atoms with E-state index in [4.69, 9.17) is 15.6 Å². The fourth-order valence-corrected chi connectivity index (χ4v) is 3.39. The predicted molar refractivity (Wildman–Crippen MR) is 104 cm³/mol. The number of carbonyl (C=O) groups is 3. The summed E-state index contributed by atoms with van der Waals surface area (Å²) in [5.41, 5.74) is 5.24. The van der Waals surface area contributed by atoms with Crippen molar-refractivity contribution in [2.75, 3.05) is 18.8 Å². The molecule has 2 heterocycles. The molecule has 154 valence electrons. The van der Waals surface area contributed by atoms with E-state index in [1.807, 2.05) is 30.3 Å². The summed E-state index contributed by atoms with van der Waals surface area (Å²) in [4.78, 5) is 38.6. The first-order valence-electron chi connectivity index (χ1n) is 8.88. The third-order valence-corrected chi connectivity index (χ3v) is 4.89. The van der Waals surface area contributed by atoms with Gasteiger partial charge in [0.25, 0.3) is 12.4 Å². The van der Waals surface area contributed by atoms with E-state index in [1.54, 1.807) is 6.07 Å². The van der Waals surface area contributed by atoms with Crippen LogP contribution in [0.4, 0.5) is 5.82 Å². The first kappa shape index (κ1) is 21.8. The number of carboxylic acid groups (broad SMARTS) is 2. The number of pyridine rings is 1. The molecule has 1 aromatic carbocycles. The van der Waals surface area contributed by atoms with Gasteiger partial charge >= 0.3 is 5.97 Å². The summed E-state index contributed by atoms with van der Waals surface area (Å²) in [6, 6.07) is 12.2. The molecule has 0 saturated carbocycles. The number of nitrogens with two attached hydrogens (primary N) is 1. The lowest BCUT2D eigenvalue weighted by Crippen LogP contribution is -2.58. The van der Waals surface area contributed by atoms with E-state index in [1.165, 1.54) is 17.2 Å². The number of likely N-dealkylation sites (tertiary alicyclic amines) is 1. The van der Waals surface area contributed by atoms with Crippen LogP contribution in [-0.4, -0.2) is 62.7 Å². The quantitative estimate of drug-likeness (QED) is 0.551. The van der Waals surface area contributed by atoms with E-state index in [0.717, 1.165) is 5.56 Å². The van der Waals surface area contributed by atoms with Gasteiger partial charge in [0.15, 0.2) is 0 Å². The number of hydrogen-bond acceptors (Lipinski definition) is 6. The van der Waals surface area contributed by atoms with Gasteiger partial charge < -0.3 is 26.0 Å². The number of carboxylic acids is 1. The molecule has 1 aliphatic heterocycles. The Labute approximate surface area is 167 Å². The number of piperidine rings is 1. The molecule has 0 unspecified atom stereocenters. The lowest BCUT2D eigenvalue weighted by Gasteiger charge is -2.43. The zero-order chi connectivity index (χ0) is 21.4. The number of benzene rings is 1. The molecule has 9 heteroatoms. The highest BCUT2D eigenvalue weighted by Crippen LogP contribution is 2.35. The van der Waals surface area contributed by atoms with Crippen molar-refractivity contribution in [3.05, 3.63) is 59.8 Å². The minimum Gasteiger partial charge on any atom is -0.483 e. The molecular weight excluding hydrogens is 378 g/mol. The van der Waals surface area contributed by atoms with Crippen molar-refractivity contribution >= 4 is 24.2 Å². The van der Waals surface area contributed by atoms with Crippen molar-refractivity contribution < 1.29 is 29.7 Å². The zero-order valence-corrected chi connectivity index (χ0v) is 15.6. The summed E-state index contributed by atoms with van der Waals surface area (Å²) in [6.07, 6.45) is 0.692. The van der Waals surface area contributed by atoms with Crippen LogP contribution in [-0.2, 0) is 16.0 Å². The van der Waals surface area contributed by atoms with Crippen molar-refractivity contribution in [1.29, 1.82) is 0 Å². The van der Waals surface area contributed by atoms with Crippen LogP contribution >= 0.6 is 0 Å². The second-order valence-corrected chi connectivity index (χ2v) is 6.73. The molecule has 0 aliphatic carbocycles. The Balaban J connectivity index is 0.000000941. The Bertz CT molecular complexity index is 843. The number of aliphatic carboxylic acids is 1. The van der Waals surface area contributed by atoms with Crippen LogP contribution in [0.25, 0.3) is 0 Å². The van der Waals surface area contributed by atoms with E-state index in [9.17, 15) is 19.8 Å². The lowest BCUT2D eigenvalue weighted by molar-refractivity contribution is -0.161. The number of aliphatic hydroxyl groups is 1. The van der Waals surface area contributed by atoms with E-state index in [2.05, 4.69) is 4.98 Å².